The average Bonchev–Trinajstić information content (AvgIpc) is 3.23. The van der Waals surface area contributed by atoms with Crippen molar-refractivity contribution in [3.63, 3.8) is 0 Å². The molecule has 1 atom stereocenters. The van der Waals surface area contributed by atoms with Crippen molar-refractivity contribution in [2.75, 3.05) is 7.11 Å². The van der Waals surface area contributed by atoms with Crippen LogP contribution in [0.4, 0.5) is 0 Å². The lowest BCUT2D eigenvalue weighted by molar-refractivity contribution is 0.0971. The third kappa shape index (κ3) is 3.85. The molecule has 0 bridgehead atoms. The molecule has 1 aliphatic rings. The lowest BCUT2D eigenvalue weighted by Crippen LogP contribution is -2.17. The van der Waals surface area contributed by atoms with Crippen LogP contribution in [0, 0.1) is 0 Å². The first-order valence-electron chi connectivity index (χ1n) is 9.63. The van der Waals surface area contributed by atoms with E-state index in [1.54, 1.807) is 13.3 Å². The van der Waals surface area contributed by atoms with Crippen LogP contribution in [-0.2, 0) is 24.2 Å². The Morgan fingerprint density at radius 2 is 2.00 bits per heavy atom. The molecule has 0 unspecified atom stereocenters. The van der Waals surface area contributed by atoms with Crippen LogP contribution in [0.15, 0.2) is 54.9 Å². The number of nitrogens with zero attached hydrogens (tertiary/aromatic N) is 1. The number of ether oxygens (including phenoxy) is 2. The van der Waals surface area contributed by atoms with Crippen LogP contribution < -0.4 is 4.74 Å². The zero-order valence-electron chi connectivity index (χ0n) is 16.0. The molecule has 0 spiro atoms. The molecule has 5 nitrogen and oxygen atoms in total. The molecule has 5 heteroatoms. The molecule has 2 aromatic carbocycles. The number of nitrogens with one attached hydrogen (secondary N) is 1. The highest BCUT2D eigenvalue weighted by atomic mass is 16.5. The van der Waals surface area contributed by atoms with Crippen molar-refractivity contribution in [3.05, 3.63) is 82.9 Å². The minimum absolute atomic E-state index is 0.194. The third-order valence-corrected chi connectivity index (χ3v) is 5.18. The summed E-state index contributed by atoms with van der Waals surface area (Å²) in [7, 11) is 1.67. The van der Waals surface area contributed by atoms with Crippen LogP contribution in [0.2, 0.25) is 0 Å². The first-order valence-corrected chi connectivity index (χ1v) is 9.63. The van der Waals surface area contributed by atoms with Crippen molar-refractivity contribution in [1.29, 1.82) is 0 Å². The molecule has 0 saturated heterocycles. The smallest absolute Gasteiger partial charge is 0.163 e. The average molecular weight is 376 g/mol. The van der Waals surface area contributed by atoms with E-state index in [2.05, 4.69) is 22.1 Å². The number of aromatic amines is 1. The fourth-order valence-corrected chi connectivity index (χ4v) is 3.83. The van der Waals surface area contributed by atoms with Crippen LogP contribution in [-0.4, -0.2) is 22.9 Å². The van der Waals surface area contributed by atoms with Crippen LogP contribution in [0.5, 0.6) is 5.75 Å². The predicted octanol–water partition coefficient (Wildman–Crippen LogP) is 4.44. The SMILES string of the molecule is COCc1c(O[C@@H](Cc2ncc[nH]2)c2ccccc2)ccc2c1CCCC2=O. The second kappa shape index (κ2) is 8.40. The molecule has 1 N–H and O–H groups in total. The van der Waals surface area contributed by atoms with Gasteiger partial charge in [-0.15, -0.1) is 0 Å². The van der Waals surface area contributed by atoms with Crippen molar-refractivity contribution < 1.29 is 14.3 Å². The summed E-state index contributed by atoms with van der Waals surface area (Å²) in [6.07, 6.45) is 6.37. The number of aromatic nitrogens is 2. The van der Waals surface area contributed by atoms with Gasteiger partial charge in [-0.25, -0.2) is 4.98 Å². The van der Waals surface area contributed by atoms with Gasteiger partial charge >= 0.3 is 0 Å². The highest BCUT2D eigenvalue weighted by Gasteiger charge is 2.24. The Kier molecular flexibility index (Phi) is 5.53. The summed E-state index contributed by atoms with van der Waals surface area (Å²) in [6, 6.07) is 13.9. The van der Waals surface area contributed by atoms with Crippen LogP contribution in [0.1, 0.15) is 51.8 Å². The van der Waals surface area contributed by atoms with Gasteiger partial charge in [0.2, 0.25) is 0 Å². The molecule has 0 aliphatic heterocycles. The molecule has 0 radical (unpaired) electrons. The van der Waals surface area contributed by atoms with E-state index in [0.717, 1.165) is 46.7 Å². The van der Waals surface area contributed by atoms with Crippen molar-refractivity contribution in [1.82, 2.24) is 9.97 Å². The van der Waals surface area contributed by atoms with E-state index >= 15 is 0 Å². The molecule has 3 aromatic rings. The monoisotopic (exact) mass is 376 g/mol. The number of rotatable bonds is 7. The van der Waals surface area contributed by atoms with E-state index in [9.17, 15) is 4.79 Å². The van der Waals surface area contributed by atoms with E-state index in [1.165, 1.54) is 0 Å². The van der Waals surface area contributed by atoms with E-state index in [0.29, 0.717) is 19.4 Å². The number of benzene rings is 2. The van der Waals surface area contributed by atoms with E-state index in [4.69, 9.17) is 9.47 Å². The number of imidazole rings is 1. The Bertz CT molecular complexity index is 936. The normalized spacial score (nSPS) is 14.5. The molecule has 0 amide bonds. The zero-order valence-corrected chi connectivity index (χ0v) is 16.0. The Labute approximate surface area is 164 Å². The maximum atomic E-state index is 12.3. The van der Waals surface area contributed by atoms with Crippen molar-refractivity contribution in [2.45, 2.75) is 38.4 Å². The van der Waals surface area contributed by atoms with E-state index < -0.39 is 0 Å². The largest absolute Gasteiger partial charge is 0.485 e. The minimum atomic E-state index is -0.194. The number of H-pyrrole nitrogens is 1. The van der Waals surface area contributed by atoms with E-state index in [1.807, 2.05) is 36.5 Å². The van der Waals surface area contributed by atoms with Crippen LogP contribution >= 0.6 is 0 Å². The summed E-state index contributed by atoms with van der Waals surface area (Å²) in [6.45, 7) is 0.425. The Morgan fingerprint density at radius 1 is 1.14 bits per heavy atom. The van der Waals surface area contributed by atoms with Gasteiger partial charge in [0.25, 0.3) is 0 Å². The zero-order chi connectivity index (χ0) is 19.3. The van der Waals surface area contributed by atoms with Gasteiger partial charge in [0, 0.05) is 43.5 Å². The number of carbonyl (C=O) groups excluding carboxylic acids is 1. The lowest BCUT2D eigenvalue weighted by atomic mass is 9.87. The van der Waals surface area contributed by atoms with Crippen LogP contribution in [0.3, 0.4) is 0 Å². The fourth-order valence-electron chi connectivity index (χ4n) is 3.83. The lowest BCUT2D eigenvalue weighted by Gasteiger charge is -2.25. The number of fused-ring (bicyclic) bond motifs is 1. The number of methoxy groups -OCH3 is 1. The van der Waals surface area contributed by atoms with Crippen LogP contribution in [0.25, 0.3) is 0 Å². The molecule has 1 aromatic heterocycles. The molecule has 144 valence electrons. The molecule has 4 rings (SSSR count). The fraction of sp³-hybridized carbons (Fsp3) is 0.304. The van der Waals surface area contributed by atoms with Gasteiger partial charge < -0.3 is 14.5 Å². The van der Waals surface area contributed by atoms with Gasteiger partial charge in [0.05, 0.1) is 6.61 Å². The summed E-state index contributed by atoms with van der Waals surface area (Å²) in [5, 5.41) is 0. The Morgan fingerprint density at radius 3 is 2.75 bits per heavy atom. The highest BCUT2D eigenvalue weighted by Crippen LogP contribution is 2.35. The molecule has 1 aliphatic carbocycles. The second-order valence-corrected chi connectivity index (χ2v) is 7.04. The maximum absolute atomic E-state index is 12.3. The summed E-state index contributed by atoms with van der Waals surface area (Å²) < 4.78 is 12.0. The number of carbonyl (C=O) groups is 1. The molecular weight excluding hydrogens is 352 g/mol. The standard InChI is InChI=1S/C23H24N2O3/c1-27-15-19-17-8-5-9-20(26)18(17)10-11-21(19)28-22(14-23-24-12-13-25-23)16-6-3-2-4-7-16/h2-4,6-7,10-13,22H,5,8-9,14-15H2,1H3,(H,24,25)/t22-/m0/s1. The van der Waals surface area contributed by atoms with Crippen molar-refractivity contribution >= 4 is 5.78 Å². The van der Waals surface area contributed by atoms with Gasteiger partial charge in [-0.3, -0.25) is 4.79 Å². The third-order valence-electron chi connectivity index (χ3n) is 5.18. The number of hydrogen-bond donors (Lipinski definition) is 1. The topological polar surface area (TPSA) is 64.2 Å². The summed E-state index contributed by atoms with van der Waals surface area (Å²) in [4.78, 5) is 19.8. The first kappa shape index (κ1) is 18.4. The number of hydrogen-bond acceptors (Lipinski definition) is 4. The quantitative estimate of drug-likeness (QED) is 0.662. The summed E-state index contributed by atoms with van der Waals surface area (Å²) >= 11 is 0. The van der Waals surface area contributed by atoms with Gasteiger partial charge in [-0.1, -0.05) is 30.3 Å². The van der Waals surface area contributed by atoms with Gasteiger partial charge in [0.15, 0.2) is 5.78 Å². The number of ketones is 1. The summed E-state index contributed by atoms with van der Waals surface area (Å²) in [5.74, 6) is 1.85. The Balaban J connectivity index is 1.70. The Hall–Kier alpha value is -2.92. The minimum Gasteiger partial charge on any atom is -0.485 e. The predicted molar refractivity (Wildman–Crippen MR) is 107 cm³/mol. The van der Waals surface area contributed by atoms with Gasteiger partial charge in [0.1, 0.15) is 17.7 Å². The molecule has 1 heterocycles. The summed E-state index contributed by atoms with van der Waals surface area (Å²) in [5.41, 5.74) is 3.94. The maximum Gasteiger partial charge on any atom is 0.163 e. The molecule has 0 saturated carbocycles. The second-order valence-electron chi connectivity index (χ2n) is 7.04. The first-order chi connectivity index (χ1) is 13.8. The molecule has 0 fully saturated rings. The number of Topliss-reactive ketones (excluding diaryl/α,β-unsaturated/α-hetero) is 1. The molecular formula is C23H24N2O3. The van der Waals surface area contributed by atoms with Crippen molar-refractivity contribution in [3.8, 4) is 5.75 Å². The van der Waals surface area contributed by atoms with E-state index in [-0.39, 0.29) is 11.9 Å². The highest BCUT2D eigenvalue weighted by molar-refractivity contribution is 5.99. The van der Waals surface area contributed by atoms with Gasteiger partial charge in [-0.05, 0) is 36.1 Å². The van der Waals surface area contributed by atoms with Gasteiger partial charge in [-0.2, -0.15) is 0 Å². The van der Waals surface area contributed by atoms with Crippen molar-refractivity contribution in [2.24, 2.45) is 0 Å². The molecule has 28 heavy (non-hydrogen) atoms.